The van der Waals surface area contributed by atoms with Gasteiger partial charge in [-0.1, -0.05) is 0 Å². The van der Waals surface area contributed by atoms with Crippen LogP contribution in [0, 0.1) is 12.8 Å². The summed E-state index contributed by atoms with van der Waals surface area (Å²) in [5.41, 5.74) is 1.10. The van der Waals surface area contributed by atoms with Gasteiger partial charge < -0.3 is 9.64 Å². The Labute approximate surface area is 131 Å². The Morgan fingerprint density at radius 3 is 2.64 bits per heavy atom. The van der Waals surface area contributed by atoms with Crippen molar-refractivity contribution < 1.29 is 4.74 Å². The van der Waals surface area contributed by atoms with E-state index in [0.717, 1.165) is 44.1 Å². The average Bonchev–Trinajstić information content (AvgIpc) is 3.07. The molecule has 0 bridgehead atoms. The molecule has 6 nitrogen and oxygen atoms in total. The second-order valence-electron chi connectivity index (χ2n) is 5.86. The van der Waals surface area contributed by atoms with Crippen molar-refractivity contribution in [3.05, 3.63) is 36.4 Å². The molecular formula is C16H23N5O. The van der Waals surface area contributed by atoms with Gasteiger partial charge in [-0.2, -0.15) is 15.0 Å². The van der Waals surface area contributed by atoms with Gasteiger partial charge >= 0.3 is 0 Å². The number of likely N-dealkylation sites (tertiary alicyclic amines) is 1. The molecule has 2 aromatic heterocycles. The Balaban J connectivity index is 1.37. The van der Waals surface area contributed by atoms with E-state index < -0.39 is 0 Å². The first-order valence-corrected chi connectivity index (χ1v) is 7.91. The second kappa shape index (κ2) is 7.35. The largest absolute Gasteiger partial charge is 0.493 e. The fourth-order valence-electron chi connectivity index (χ4n) is 2.80. The van der Waals surface area contributed by atoms with Crippen molar-refractivity contribution in [2.24, 2.45) is 5.92 Å². The third-order valence-electron chi connectivity index (χ3n) is 4.23. The fraction of sp³-hybridized carbons (Fsp3) is 0.562. The molecule has 118 valence electrons. The van der Waals surface area contributed by atoms with Crippen molar-refractivity contribution in [1.82, 2.24) is 24.9 Å². The minimum absolute atomic E-state index is 0.645. The molecule has 0 amide bonds. The molecule has 0 atom stereocenters. The van der Waals surface area contributed by atoms with Gasteiger partial charge in [0.25, 0.3) is 0 Å². The van der Waals surface area contributed by atoms with Crippen molar-refractivity contribution in [2.45, 2.75) is 26.3 Å². The first-order chi connectivity index (χ1) is 10.8. The lowest BCUT2D eigenvalue weighted by Gasteiger charge is -2.31. The first-order valence-electron chi connectivity index (χ1n) is 7.91. The molecule has 0 saturated carbocycles. The van der Waals surface area contributed by atoms with E-state index in [4.69, 9.17) is 4.74 Å². The van der Waals surface area contributed by atoms with Crippen molar-refractivity contribution in [2.75, 3.05) is 26.2 Å². The molecule has 0 N–H and O–H groups in total. The third-order valence-corrected chi connectivity index (χ3v) is 4.23. The third kappa shape index (κ3) is 4.04. The zero-order valence-corrected chi connectivity index (χ0v) is 13.1. The van der Waals surface area contributed by atoms with E-state index in [1.807, 2.05) is 19.2 Å². The summed E-state index contributed by atoms with van der Waals surface area (Å²) in [6.45, 7) is 6.99. The van der Waals surface area contributed by atoms with Gasteiger partial charge in [0.1, 0.15) is 5.75 Å². The highest BCUT2D eigenvalue weighted by Gasteiger charge is 2.19. The molecule has 1 saturated heterocycles. The smallest absolute Gasteiger partial charge is 0.125 e. The summed E-state index contributed by atoms with van der Waals surface area (Å²) in [5, 5.41) is 8.28. The number of pyridine rings is 1. The van der Waals surface area contributed by atoms with Crippen LogP contribution in [0.4, 0.5) is 0 Å². The molecule has 0 spiro atoms. The van der Waals surface area contributed by atoms with Gasteiger partial charge in [0.2, 0.25) is 0 Å². The van der Waals surface area contributed by atoms with Crippen LogP contribution in [0.5, 0.6) is 5.75 Å². The SMILES string of the molecule is Cc1cnccc1OCC1CCN(CCn2nccn2)CC1. The van der Waals surface area contributed by atoms with E-state index in [1.54, 1.807) is 23.4 Å². The van der Waals surface area contributed by atoms with Crippen molar-refractivity contribution in [3.63, 3.8) is 0 Å². The van der Waals surface area contributed by atoms with Crippen LogP contribution < -0.4 is 4.74 Å². The molecule has 2 aromatic rings. The monoisotopic (exact) mass is 301 g/mol. The Hall–Kier alpha value is -1.95. The Morgan fingerprint density at radius 1 is 1.14 bits per heavy atom. The highest BCUT2D eigenvalue weighted by molar-refractivity contribution is 5.28. The molecule has 1 fully saturated rings. The number of rotatable bonds is 6. The summed E-state index contributed by atoms with van der Waals surface area (Å²) < 4.78 is 5.95. The van der Waals surface area contributed by atoms with Crippen molar-refractivity contribution in [1.29, 1.82) is 0 Å². The Morgan fingerprint density at radius 2 is 1.91 bits per heavy atom. The first kappa shape index (κ1) is 15.0. The number of ether oxygens (including phenoxy) is 1. The highest BCUT2D eigenvalue weighted by Crippen LogP contribution is 2.21. The topological polar surface area (TPSA) is 56.1 Å². The molecule has 0 aliphatic carbocycles. The van der Waals surface area contributed by atoms with E-state index in [1.165, 1.54) is 12.8 Å². The Bertz CT molecular complexity index is 564. The van der Waals surface area contributed by atoms with E-state index in [0.29, 0.717) is 5.92 Å². The summed E-state index contributed by atoms with van der Waals surface area (Å²) >= 11 is 0. The molecule has 1 aliphatic rings. The van der Waals surface area contributed by atoms with Crippen LogP contribution in [0.2, 0.25) is 0 Å². The fourth-order valence-corrected chi connectivity index (χ4v) is 2.80. The maximum atomic E-state index is 5.95. The lowest BCUT2D eigenvalue weighted by atomic mass is 9.98. The Kier molecular flexibility index (Phi) is 5.00. The van der Waals surface area contributed by atoms with Gasteiger partial charge in [0, 0.05) is 24.5 Å². The van der Waals surface area contributed by atoms with Gasteiger partial charge in [0.15, 0.2) is 0 Å². The van der Waals surface area contributed by atoms with Crippen LogP contribution in [0.25, 0.3) is 0 Å². The summed E-state index contributed by atoms with van der Waals surface area (Å²) in [7, 11) is 0. The number of piperidine rings is 1. The number of aryl methyl sites for hydroxylation is 1. The maximum Gasteiger partial charge on any atom is 0.125 e. The standard InChI is InChI=1S/C16H23N5O/c1-14-12-17-5-2-16(14)22-13-15-3-8-20(9-4-15)10-11-21-18-6-7-19-21/h2,5-7,12,15H,3-4,8-11,13H2,1H3. The minimum Gasteiger partial charge on any atom is -0.493 e. The molecule has 3 heterocycles. The minimum atomic E-state index is 0.645. The van der Waals surface area contributed by atoms with Crippen molar-refractivity contribution in [3.8, 4) is 5.75 Å². The lowest BCUT2D eigenvalue weighted by Crippen LogP contribution is -2.37. The highest BCUT2D eigenvalue weighted by atomic mass is 16.5. The quantitative estimate of drug-likeness (QED) is 0.814. The van der Waals surface area contributed by atoms with Gasteiger partial charge in [-0.25, -0.2) is 0 Å². The maximum absolute atomic E-state index is 5.95. The number of aromatic nitrogens is 4. The summed E-state index contributed by atoms with van der Waals surface area (Å²) in [6.07, 6.45) is 9.47. The predicted molar refractivity (Wildman–Crippen MR) is 83.7 cm³/mol. The molecule has 22 heavy (non-hydrogen) atoms. The molecule has 0 aromatic carbocycles. The normalized spacial score (nSPS) is 16.8. The van der Waals surface area contributed by atoms with Gasteiger partial charge in [-0.3, -0.25) is 4.98 Å². The van der Waals surface area contributed by atoms with Crippen LogP contribution in [0.3, 0.4) is 0 Å². The number of hydrogen-bond acceptors (Lipinski definition) is 5. The molecule has 3 rings (SSSR count). The van der Waals surface area contributed by atoms with Crippen molar-refractivity contribution >= 4 is 0 Å². The molecule has 0 radical (unpaired) electrons. The van der Waals surface area contributed by atoms with Crippen LogP contribution in [-0.4, -0.2) is 51.1 Å². The second-order valence-corrected chi connectivity index (χ2v) is 5.86. The molecular weight excluding hydrogens is 278 g/mol. The molecule has 0 unspecified atom stereocenters. The molecule has 6 heteroatoms. The van der Waals surface area contributed by atoms with E-state index in [9.17, 15) is 0 Å². The van der Waals surface area contributed by atoms with E-state index in [-0.39, 0.29) is 0 Å². The van der Waals surface area contributed by atoms with Crippen LogP contribution in [0.1, 0.15) is 18.4 Å². The van der Waals surface area contributed by atoms with Gasteiger partial charge in [0.05, 0.1) is 25.5 Å². The summed E-state index contributed by atoms with van der Waals surface area (Å²) in [5.74, 6) is 1.61. The zero-order chi connectivity index (χ0) is 15.2. The van der Waals surface area contributed by atoms with Crippen LogP contribution >= 0.6 is 0 Å². The predicted octanol–water partition coefficient (Wildman–Crippen LogP) is 1.77. The van der Waals surface area contributed by atoms with Gasteiger partial charge in [-0.05, 0) is 44.8 Å². The van der Waals surface area contributed by atoms with E-state index >= 15 is 0 Å². The summed E-state index contributed by atoms with van der Waals surface area (Å²) in [4.78, 5) is 8.33. The van der Waals surface area contributed by atoms with E-state index in [2.05, 4.69) is 20.1 Å². The summed E-state index contributed by atoms with van der Waals surface area (Å²) in [6, 6.07) is 1.95. The zero-order valence-electron chi connectivity index (χ0n) is 13.1. The van der Waals surface area contributed by atoms with Crippen LogP contribution in [-0.2, 0) is 6.54 Å². The lowest BCUT2D eigenvalue weighted by molar-refractivity contribution is 0.136. The average molecular weight is 301 g/mol. The molecule has 1 aliphatic heterocycles. The number of hydrogen-bond donors (Lipinski definition) is 0. The van der Waals surface area contributed by atoms with Gasteiger partial charge in [-0.15, -0.1) is 0 Å². The number of nitrogens with zero attached hydrogens (tertiary/aromatic N) is 5. The van der Waals surface area contributed by atoms with Crippen LogP contribution in [0.15, 0.2) is 30.9 Å².